The standard InChI is InChI=1S/C22H23FN4O2.C12H14BrN3O.C10H10FNO.CH4/c1-13-22(29)25(2)18-9-11-19(24-21(18)26(13)16-7-8-16)27-17(10-12-20(27)28)14-3-5-15(23)6-4-14;1-7-12(17)15(2)9-5-6-10(13)14-11(9)16(7)8-3-4-8;11-8-3-1-7(2-4-8)9-5-6-10(13)12-9;/h3-6,9,11,13,16-17H,7-8,10,12H2,1-2H3;5-8H,3-4H2,1-2H3;1-4,9H,5-6H2,(H,12,13);1H4. The van der Waals surface area contributed by atoms with Gasteiger partial charge in [-0.15, -0.1) is 0 Å². The fraction of sp³-hybridized carbons (Fsp3) is 0.422. The van der Waals surface area contributed by atoms with Gasteiger partial charge in [0.15, 0.2) is 11.6 Å². The number of nitrogens with one attached hydrogen (secondary N) is 1. The van der Waals surface area contributed by atoms with Crippen LogP contribution in [0.1, 0.15) is 95.9 Å². The van der Waals surface area contributed by atoms with Gasteiger partial charge in [-0.3, -0.25) is 24.1 Å². The zero-order chi connectivity index (χ0) is 41.7. The molecule has 12 nitrogen and oxygen atoms in total. The number of halogens is 3. The molecule has 0 bridgehead atoms. The van der Waals surface area contributed by atoms with Crippen LogP contribution in [-0.2, 0) is 19.2 Å². The highest BCUT2D eigenvalue weighted by Gasteiger charge is 2.44. The molecule has 2 saturated carbocycles. The number of anilines is 5. The number of amides is 4. The van der Waals surface area contributed by atoms with E-state index in [1.807, 2.05) is 45.2 Å². The summed E-state index contributed by atoms with van der Waals surface area (Å²) < 4.78 is 26.7. The molecular formula is C45H51BrF2N8O4. The number of hydrogen-bond donors (Lipinski definition) is 1. The van der Waals surface area contributed by atoms with Crippen LogP contribution in [0.25, 0.3) is 0 Å². The van der Waals surface area contributed by atoms with Gasteiger partial charge in [0.2, 0.25) is 23.6 Å². The van der Waals surface area contributed by atoms with Crippen LogP contribution in [0, 0.1) is 11.6 Å². The van der Waals surface area contributed by atoms with E-state index in [0.717, 1.165) is 70.8 Å². The number of pyridine rings is 2. The lowest BCUT2D eigenvalue weighted by atomic mass is 10.0. The van der Waals surface area contributed by atoms with Crippen molar-refractivity contribution in [1.29, 1.82) is 0 Å². The Morgan fingerprint density at radius 3 is 1.63 bits per heavy atom. The maximum absolute atomic E-state index is 13.4. The molecule has 6 heterocycles. The lowest BCUT2D eigenvalue weighted by Crippen LogP contribution is -2.52. The van der Waals surface area contributed by atoms with Crippen molar-refractivity contribution in [3.8, 4) is 0 Å². The Balaban J connectivity index is 0.000000149. The summed E-state index contributed by atoms with van der Waals surface area (Å²) in [6.07, 6.45) is 6.91. The lowest BCUT2D eigenvalue weighted by molar-refractivity contribution is -0.120. The maximum Gasteiger partial charge on any atom is 0.249 e. The van der Waals surface area contributed by atoms with Crippen LogP contribution in [0.4, 0.5) is 37.6 Å². The molecule has 2 aliphatic carbocycles. The summed E-state index contributed by atoms with van der Waals surface area (Å²) in [5.41, 5.74) is 3.56. The second-order valence-corrected chi connectivity index (χ2v) is 16.8. The Bertz CT molecular complexity index is 2270. The first kappa shape index (κ1) is 42.7. The van der Waals surface area contributed by atoms with Crippen LogP contribution >= 0.6 is 15.9 Å². The molecule has 15 heteroatoms. The Kier molecular flexibility index (Phi) is 12.3. The van der Waals surface area contributed by atoms with Crippen molar-refractivity contribution in [1.82, 2.24) is 15.3 Å². The summed E-state index contributed by atoms with van der Waals surface area (Å²) in [6.45, 7) is 3.87. The van der Waals surface area contributed by atoms with Gasteiger partial charge in [0.05, 0.1) is 23.5 Å². The molecule has 2 saturated heterocycles. The van der Waals surface area contributed by atoms with Gasteiger partial charge in [0.1, 0.15) is 34.1 Å². The van der Waals surface area contributed by atoms with Crippen molar-refractivity contribution in [2.45, 2.75) is 109 Å². The van der Waals surface area contributed by atoms with E-state index in [1.54, 1.807) is 46.0 Å². The predicted molar refractivity (Wildman–Crippen MR) is 232 cm³/mol. The number of benzene rings is 2. The molecule has 4 fully saturated rings. The van der Waals surface area contributed by atoms with Crippen LogP contribution in [0.2, 0.25) is 0 Å². The van der Waals surface area contributed by atoms with E-state index in [9.17, 15) is 28.0 Å². The second-order valence-electron chi connectivity index (χ2n) is 16.0. The van der Waals surface area contributed by atoms with E-state index in [0.29, 0.717) is 37.2 Å². The van der Waals surface area contributed by atoms with E-state index in [2.05, 4.69) is 36.0 Å². The van der Waals surface area contributed by atoms with Gasteiger partial charge < -0.3 is 24.9 Å². The molecule has 60 heavy (non-hydrogen) atoms. The first-order chi connectivity index (χ1) is 28.3. The van der Waals surface area contributed by atoms with Gasteiger partial charge in [0.25, 0.3) is 0 Å². The molecule has 10 rings (SSSR count). The Morgan fingerprint density at radius 2 is 1.13 bits per heavy atom. The normalized spacial score (nSPS) is 23.2. The molecule has 4 unspecified atom stereocenters. The Hall–Kier alpha value is -5.44. The Morgan fingerprint density at radius 1 is 0.633 bits per heavy atom. The van der Waals surface area contributed by atoms with Gasteiger partial charge in [0, 0.05) is 39.0 Å². The zero-order valence-electron chi connectivity index (χ0n) is 33.4. The smallest absolute Gasteiger partial charge is 0.249 e. The molecule has 316 valence electrons. The molecule has 0 spiro atoms. The van der Waals surface area contributed by atoms with Gasteiger partial charge >= 0.3 is 0 Å². The van der Waals surface area contributed by atoms with Crippen LogP contribution in [0.15, 0.2) is 77.4 Å². The highest BCUT2D eigenvalue weighted by atomic mass is 79.9. The maximum atomic E-state index is 13.4. The fourth-order valence-corrected chi connectivity index (χ4v) is 8.80. The summed E-state index contributed by atoms with van der Waals surface area (Å²) in [5, 5.41) is 2.83. The zero-order valence-corrected chi connectivity index (χ0v) is 35.0. The Labute approximate surface area is 358 Å². The number of rotatable bonds is 5. The largest absolute Gasteiger partial charge is 0.349 e. The van der Waals surface area contributed by atoms with Gasteiger partial charge in [-0.2, -0.15) is 0 Å². The van der Waals surface area contributed by atoms with Crippen molar-refractivity contribution in [2.75, 3.05) is 38.6 Å². The van der Waals surface area contributed by atoms with Crippen molar-refractivity contribution < 1.29 is 28.0 Å². The summed E-state index contributed by atoms with van der Waals surface area (Å²) in [7, 11) is 3.59. The number of carbonyl (C=O) groups excluding carboxylic acids is 4. The summed E-state index contributed by atoms with van der Waals surface area (Å²) in [4.78, 5) is 67.2. The van der Waals surface area contributed by atoms with Crippen LogP contribution < -0.4 is 29.8 Å². The number of carbonyl (C=O) groups is 4. The number of likely N-dealkylation sites (N-methyl/N-ethyl adjacent to an activating group) is 2. The average molecular weight is 886 g/mol. The minimum atomic E-state index is -0.293. The highest BCUT2D eigenvalue weighted by molar-refractivity contribution is 9.10. The van der Waals surface area contributed by atoms with Crippen LogP contribution in [-0.4, -0.2) is 71.9 Å². The van der Waals surface area contributed by atoms with Crippen molar-refractivity contribution in [3.05, 3.63) is 100 Å². The molecule has 2 aromatic carbocycles. The van der Waals surface area contributed by atoms with E-state index >= 15 is 0 Å². The molecule has 4 aliphatic heterocycles. The first-order valence-corrected chi connectivity index (χ1v) is 21.0. The predicted octanol–water partition coefficient (Wildman–Crippen LogP) is 8.01. The van der Waals surface area contributed by atoms with Crippen molar-refractivity contribution in [3.63, 3.8) is 0 Å². The number of hydrogen-bond acceptors (Lipinski definition) is 8. The molecule has 4 aromatic rings. The average Bonchev–Trinajstić information content (AvgIpc) is 4.17. The summed E-state index contributed by atoms with van der Waals surface area (Å²) in [5.74, 6) is 2.03. The molecular weight excluding hydrogens is 834 g/mol. The third-order valence-electron chi connectivity index (χ3n) is 11.9. The molecule has 1 N–H and O–H groups in total. The molecule has 4 amide bonds. The number of aromatic nitrogens is 2. The lowest BCUT2D eigenvalue weighted by Gasteiger charge is -2.40. The topological polar surface area (TPSA) is 122 Å². The van der Waals surface area contributed by atoms with E-state index < -0.39 is 0 Å². The second kappa shape index (κ2) is 17.3. The van der Waals surface area contributed by atoms with Gasteiger partial charge in [-0.05, 0) is 128 Å². The summed E-state index contributed by atoms with van der Waals surface area (Å²) >= 11 is 3.40. The third kappa shape index (κ3) is 8.45. The van der Waals surface area contributed by atoms with Crippen LogP contribution in [0.3, 0.4) is 0 Å². The van der Waals surface area contributed by atoms with E-state index in [-0.39, 0.29) is 66.9 Å². The van der Waals surface area contributed by atoms with E-state index in [4.69, 9.17) is 4.98 Å². The SMILES string of the molecule is C.CC1C(=O)N(C)c2ccc(Br)nc2N1C1CC1.CC1C(=O)N(C)c2ccc(N3C(=O)CCC3c3ccc(F)cc3)nc2N1C1CC1.O=C1CCC(c2ccc(F)cc2)N1. The number of fused-ring (bicyclic) bond motifs is 2. The first-order valence-electron chi connectivity index (χ1n) is 20.2. The third-order valence-corrected chi connectivity index (χ3v) is 12.4. The minimum absolute atomic E-state index is 0. The quantitative estimate of drug-likeness (QED) is 0.200. The molecule has 6 aliphatic rings. The van der Waals surface area contributed by atoms with Gasteiger partial charge in [-0.25, -0.2) is 18.7 Å². The number of nitrogens with zero attached hydrogens (tertiary/aromatic N) is 7. The highest BCUT2D eigenvalue weighted by Crippen LogP contribution is 2.45. The molecule has 2 aromatic heterocycles. The van der Waals surface area contributed by atoms with Crippen molar-refractivity contribution >= 4 is 68.4 Å². The van der Waals surface area contributed by atoms with Crippen molar-refractivity contribution in [2.24, 2.45) is 0 Å². The summed E-state index contributed by atoms with van der Waals surface area (Å²) in [6, 6.07) is 20.4. The molecule has 4 atom stereocenters. The molecule has 0 radical (unpaired) electrons. The van der Waals surface area contributed by atoms with E-state index in [1.165, 1.54) is 24.3 Å². The van der Waals surface area contributed by atoms with Crippen LogP contribution in [0.5, 0.6) is 0 Å². The monoisotopic (exact) mass is 884 g/mol. The van der Waals surface area contributed by atoms with Gasteiger partial charge in [-0.1, -0.05) is 31.7 Å². The minimum Gasteiger partial charge on any atom is -0.349 e. The fourth-order valence-electron chi connectivity index (χ4n) is 8.50.